The maximum atomic E-state index is 13.5. The van der Waals surface area contributed by atoms with Gasteiger partial charge in [-0.1, -0.05) is 0 Å². The summed E-state index contributed by atoms with van der Waals surface area (Å²) >= 11 is 0. The molecular weight excluding hydrogens is 339 g/mol. The summed E-state index contributed by atoms with van der Waals surface area (Å²) in [5.74, 6) is -4.83. The zero-order chi connectivity index (χ0) is 18.7. The van der Waals surface area contributed by atoms with E-state index in [1.165, 1.54) is 0 Å². The molecule has 1 aromatic carbocycles. The fraction of sp³-hybridized carbons (Fsp3) is 0.267. The van der Waals surface area contributed by atoms with Crippen LogP contribution in [0.3, 0.4) is 0 Å². The highest BCUT2D eigenvalue weighted by Crippen LogP contribution is 2.30. The lowest BCUT2D eigenvalue weighted by molar-refractivity contribution is -0.136. The number of hydrogen-bond acceptors (Lipinski definition) is 7. The molecule has 0 fully saturated rings. The highest BCUT2D eigenvalue weighted by atomic mass is 19.1. The second-order valence-electron chi connectivity index (χ2n) is 5.07. The molecule has 0 aromatic heterocycles. The van der Waals surface area contributed by atoms with Crippen LogP contribution in [0.5, 0.6) is 5.75 Å². The van der Waals surface area contributed by atoms with Crippen LogP contribution in [0.15, 0.2) is 23.4 Å². The molecule has 0 saturated heterocycles. The highest BCUT2D eigenvalue weighted by molar-refractivity contribution is 6.08. The number of carbonyl (C=O) groups excluding carboxylic acids is 2. The summed E-state index contributed by atoms with van der Waals surface area (Å²) in [6.45, 7) is -0.513. The molecule has 1 heterocycles. The van der Waals surface area contributed by atoms with E-state index in [-0.39, 0.29) is 36.7 Å². The fourth-order valence-corrected chi connectivity index (χ4v) is 2.31. The average Bonchev–Trinajstić information content (AvgIpc) is 2.86. The molecule has 25 heavy (non-hydrogen) atoms. The van der Waals surface area contributed by atoms with Crippen LogP contribution < -0.4 is 5.32 Å². The molecule has 10 heteroatoms. The quantitative estimate of drug-likeness (QED) is 0.411. The van der Waals surface area contributed by atoms with E-state index in [0.29, 0.717) is 6.07 Å². The number of carbonyl (C=O) groups is 3. The number of phenols is 1. The van der Waals surface area contributed by atoms with E-state index in [1.54, 1.807) is 0 Å². The third-order valence-electron chi connectivity index (χ3n) is 3.53. The van der Waals surface area contributed by atoms with Crippen molar-refractivity contribution >= 4 is 23.5 Å². The van der Waals surface area contributed by atoms with E-state index < -0.39 is 35.0 Å². The zero-order valence-corrected chi connectivity index (χ0v) is 13.1. The Labute approximate surface area is 140 Å². The summed E-state index contributed by atoms with van der Waals surface area (Å²) in [5.41, 5.74) is -1.31. The molecule has 0 spiro atoms. The van der Waals surface area contributed by atoms with Crippen molar-refractivity contribution in [3.05, 3.63) is 34.8 Å². The molecular formula is C15H15FN2O7. The van der Waals surface area contributed by atoms with E-state index >= 15 is 0 Å². The number of ether oxygens (including phenoxy) is 1. The SMILES string of the molecule is COC(=O)C1=C(Nc2cc(C(=O)O)c(F)cc2O)C(=O)N(CCO)C1. The Morgan fingerprint density at radius 1 is 1.40 bits per heavy atom. The maximum Gasteiger partial charge on any atom is 0.338 e. The molecule has 2 rings (SSSR count). The molecule has 0 saturated carbocycles. The Bertz CT molecular complexity index is 775. The van der Waals surface area contributed by atoms with E-state index in [2.05, 4.69) is 10.1 Å². The number of methoxy groups -OCH3 is 1. The lowest BCUT2D eigenvalue weighted by Crippen LogP contribution is -2.31. The molecule has 0 bridgehead atoms. The van der Waals surface area contributed by atoms with Gasteiger partial charge in [0, 0.05) is 12.6 Å². The molecule has 134 valence electrons. The number of carboxylic acids is 1. The topological polar surface area (TPSA) is 136 Å². The molecule has 0 atom stereocenters. The number of aliphatic hydroxyl groups excluding tert-OH is 1. The number of nitrogens with zero attached hydrogens (tertiary/aromatic N) is 1. The van der Waals surface area contributed by atoms with Gasteiger partial charge in [0.1, 0.15) is 17.3 Å². The number of aromatic carboxylic acids is 1. The monoisotopic (exact) mass is 354 g/mol. The standard InChI is InChI=1S/C15H15FN2O7/c1-25-15(24)8-6-18(2-3-19)13(21)12(8)17-10-4-7(14(22)23)9(16)5-11(10)20/h4-5,17,19-20H,2-3,6H2,1H3,(H,22,23). The zero-order valence-electron chi connectivity index (χ0n) is 13.1. The lowest BCUT2D eigenvalue weighted by atomic mass is 10.1. The van der Waals surface area contributed by atoms with Crippen molar-refractivity contribution in [3.63, 3.8) is 0 Å². The predicted molar refractivity (Wildman–Crippen MR) is 81.4 cm³/mol. The predicted octanol–water partition coefficient (Wildman–Crippen LogP) is -0.0970. The van der Waals surface area contributed by atoms with Crippen molar-refractivity contribution < 1.29 is 38.8 Å². The molecule has 1 amide bonds. The first-order chi connectivity index (χ1) is 11.8. The number of anilines is 1. The number of esters is 1. The first-order valence-corrected chi connectivity index (χ1v) is 7.04. The third-order valence-corrected chi connectivity index (χ3v) is 3.53. The van der Waals surface area contributed by atoms with Crippen LogP contribution in [-0.2, 0) is 14.3 Å². The maximum absolute atomic E-state index is 13.5. The molecule has 0 radical (unpaired) electrons. The van der Waals surface area contributed by atoms with Gasteiger partial charge in [-0.05, 0) is 6.07 Å². The van der Waals surface area contributed by atoms with Crippen molar-refractivity contribution in [2.24, 2.45) is 0 Å². The Balaban J connectivity index is 2.45. The van der Waals surface area contributed by atoms with Gasteiger partial charge in [-0.25, -0.2) is 14.0 Å². The van der Waals surface area contributed by atoms with Gasteiger partial charge in [0.25, 0.3) is 5.91 Å². The van der Waals surface area contributed by atoms with Gasteiger partial charge in [0.2, 0.25) is 0 Å². The van der Waals surface area contributed by atoms with Crippen molar-refractivity contribution in [1.29, 1.82) is 0 Å². The average molecular weight is 354 g/mol. The minimum Gasteiger partial charge on any atom is -0.506 e. The molecule has 9 nitrogen and oxygen atoms in total. The fourth-order valence-electron chi connectivity index (χ4n) is 2.31. The number of rotatable bonds is 6. The van der Waals surface area contributed by atoms with Crippen LogP contribution in [0.4, 0.5) is 10.1 Å². The largest absolute Gasteiger partial charge is 0.506 e. The summed E-state index contributed by atoms with van der Waals surface area (Å²) in [6, 6.07) is 1.38. The Kier molecular flexibility index (Phi) is 5.22. The molecule has 1 aliphatic rings. The lowest BCUT2D eigenvalue weighted by Gasteiger charge is -2.15. The number of halogens is 1. The van der Waals surface area contributed by atoms with Crippen LogP contribution in [0, 0.1) is 5.82 Å². The number of aliphatic hydroxyl groups is 1. The Hall–Kier alpha value is -3.14. The molecule has 0 aliphatic carbocycles. The number of β-amino-alcohol motifs (C(OH)–C–C–N with tert-alkyl or cyclic N) is 1. The summed E-state index contributed by atoms with van der Waals surface area (Å²) in [4.78, 5) is 36.4. The van der Waals surface area contributed by atoms with Crippen LogP contribution in [0.2, 0.25) is 0 Å². The van der Waals surface area contributed by atoms with Crippen molar-refractivity contribution in [2.75, 3.05) is 32.1 Å². The van der Waals surface area contributed by atoms with Gasteiger partial charge < -0.3 is 30.3 Å². The second kappa shape index (κ2) is 7.18. The highest BCUT2D eigenvalue weighted by Gasteiger charge is 2.35. The second-order valence-corrected chi connectivity index (χ2v) is 5.07. The van der Waals surface area contributed by atoms with Gasteiger partial charge in [-0.3, -0.25) is 4.79 Å². The van der Waals surface area contributed by atoms with Crippen LogP contribution in [0.25, 0.3) is 0 Å². The van der Waals surface area contributed by atoms with Crippen LogP contribution in [0.1, 0.15) is 10.4 Å². The minimum atomic E-state index is -1.57. The third kappa shape index (κ3) is 3.53. The summed E-state index contributed by atoms with van der Waals surface area (Å²) in [7, 11) is 1.12. The summed E-state index contributed by atoms with van der Waals surface area (Å²) in [6.07, 6.45) is 0. The number of nitrogens with one attached hydrogen (secondary N) is 1. The normalized spacial score (nSPS) is 14.0. The molecule has 0 unspecified atom stereocenters. The molecule has 1 aromatic rings. The van der Waals surface area contributed by atoms with E-state index in [9.17, 15) is 23.9 Å². The van der Waals surface area contributed by atoms with Crippen LogP contribution >= 0.6 is 0 Å². The molecule has 4 N–H and O–H groups in total. The number of carboxylic acid groups (broad SMARTS) is 1. The van der Waals surface area contributed by atoms with Gasteiger partial charge in [0.15, 0.2) is 0 Å². The number of amides is 1. The van der Waals surface area contributed by atoms with Crippen molar-refractivity contribution in [2.45, 2.75) is 0 Å². The Morgan fingerprint density at radius 2 is 2.08 bits per heavy atom. The van der Waals surface area contributed by atoms with E-state index in [4.69, 9.17) is 10.2 Å². The smallest absolute Gasteiger partial charge is 0.338 e. The van der Waals surface area contributed by atoms with Crippen molar-refractivity contribution in [3.8, 4) is 5.75 Å². The Morgan fingerprint density at radius 3 is 2.64 bits per heavy atom. The summed E-state index contributed by atoms with van der Waals surface area (Å²) in [5, 5.41) is 30.2. The van der Waals surface area contributed by atoms with Crippen molar-refractivity contribution in [1.82, 2.24) is 4.90 Å². The summed E-state index contributed by atoms with van der Waals surface area (Å²) < 4.78 is 18.1. The molecule has 1 aliphatic heterocycles. The van der Waals surface area contributed by atoms with E-state index in [0.717, 1.165) is 18.1 Å². The number of phenolic OH excluding ortho intramolecular Hbond substituents is 1. The number of aromatic hydroxyl groups is 1. The van der Waals surface area contributed by atoms with Gasteiger partial charge in [0.05, 0.1) is 37.1 Å². The first kappa shape index (κ1) is 18.2. The van der Waals surface area contributed by atoms with Gasteiger partial charge in [-0.2, -0.15) is 0 Å². The first-order valence-electron chi connectivity index (χ1n) is 7.04. The van der Waals surface area contributed by atoms with Crippen LogP contribution in [-0.4, -0.2) is 64.9 Å². The number of benzene rings is 1. The minimum absolute atomic E-state index is 0.0414. The van der Waals surface area contributed by atoms with E-state index in [1.807, 2.05) is 0 Å². The number of hydrogen-bond donors (Lipinski definition) is 4. The van der Waals surface area contributed by atoms with Gasteiger partial charge >= 0.3 is 11.9 Å². The van der Waals surface area contributed by atoms with Gasteiger partial charge in [-0.15, -0.1) is 0 Å².